The fraction of sp³-hybridized carbons (Fsp3) is 0.579. The molecule has 1 aliphatic carbocycles. The van der Waals surface area contributed by atoms with E-state index >= 15 is 0 Å². The van der Waals surface area contributed by atoms with Crippen molar-refractivity contribution in [3.63, 3.8) is 0 Å². The van der Waals surface area contributed by atoms with Gasteiger partial charge in [-0.15, -0.1) is 0 Å². The molecule has 2 bridgehead atoms. The van der Waals surface area contributed by atoms with Crippen LogP contribution in [0.2, 0.25) is 5.02 Å². The summed E-state index contributed by atoms with van der Waals surface area (Å²) in [5.41, 5.74) is 0.717. The van der Waals surface area contributed by atoms with Gasteiger partial charge < -0.3 is 34.2 Å². The Kier molecular flexibility index (Phi) is 11.8. The molecule has 49 heavy (non-hydrogen) atoms. The Morgan fingerprint density at radius 3 is 2.67 bits per heavy atom. The van der Waals surface area contributed by atoms with Crippen molar-refractivity contribution in [1.29, 1.82) is 0 Å². The monoisotopic (exact) mass is 695 g/mol. The van der Waals surface area contributed by atoms with Gasteiger partial charge in [-0.05, 0) is 91.3 Å². The minimum Gasteiger partial charge on any atom is -0.487 e. The van der Waals surface area contributed by atoms with Crippen molar-refractivity contribution >= 4 is 29.2 Å². The van der Waals surface area contributed by atoms with E-state index in [1.54, 1.807) is 25.2 Å². The van der Waals surface area contributed by atoms with Gasteiger partial charge in [0, 0.05) is 51.3 Å². The standard InChI is InChI=1S/C38H50ClN3O7/c1-40-14-4-3-7-34(48-21-18-41-16-19-47-20-17-41)32-12-9-28(32)25-42-15-5-2-6-27-22-31(39)11-8-29(27)26-49-35-13-10-30(23-33(35)42)38(46,37(44)45)24-36(40)43/h3,7-8,10-11,13,22-23,28,32,34,46H,2,4-6,9,12,14-21,24-26H2,1H3,(H,44,45)/b7-3+/t28-,32+,34-,38?/m0/s1. The lowest BCUT2D eigenvalue weighted by atomic mass is 9.70. The SMILES string of the molecule is CN1CC/C=C/[C@H](OCCN2CCOCC2)[C@@H]2CC[C@H]2CN2CCCCc3cc(Cl)ccc3COc3ccc(cc32)C(O)(C(=O)O)CC1=O. The molecule has 1 amide bonds. The van der Waals surface area contributed by atoms with Crippen molar-refractivity contribution in [3.8, 4) is 5.75 Å². The van der Waals surface area contributed by atoms with E-state index in [1.165, 1.54) is 4.90 Å². The molecule has 11 heteroatoms. The number of ether oxygens (including phenoxy) is 3. The van der Waals surface area contributed by atoms with Crippen molar-refractivity contribution in [2.45, 2.75) is 63.3 Å². The number of fused-ring (bicyclic) bond motifs is 3. The highest BCUT2D eigenvalue weighted by molar-refractivity contribution is 6.30. The topological polar surface area (TPSA) is 112 Å². The van der Waals surface area contributed by atoms with Crippen LogP contribution in [0, 0.1) is 11.8 Å². The van der Waals surface area contributed by atoms with Crippen molar-refractivity contribution < 1.29 is 34.0 Å². The lowest BCUT2D eigenvalue weighted by Crippen LogP contribution is -2.45. The molecule has 3 aliphatic heterocycles. The number of anilines is 1. The minimum atomic E-state index is -2.40. The van der Waals surface area contributed by atoms with Crippen LogP contribution in [0.1, 0.15) is 55.2 Å². The number of aliphatic hydroxyl groups is 1. The van der Waals surface area contributed by atoms with Crippen LogP contribution in [-0.4, -0.2) is 104 Å². The highest BCUT2D eigenvalue weighted by atomic mass is 35.5. The van der Waals surface area contributed by atoms with E-state index in [0.717, 1.165) is 94.9 Å². The quantitative estimate of drug-likeness (QED) is 0.423. The summed E-state index contributed by atoms with van der Waals surface area (Å²) in [5.74, 6) is -0.616. The van der Waals surface area contributed by atoms with Crippen molar-refractivity contribution in [1.82, 2.24) is 9.80 Å². The molecule has 266 valence electrons. The normalized spacial score (nSPS) is 27.9. The second-order valence-corrected chi connectivity index (χ2v) is 14.4. The van der Waals surface area contributed by atoms with Gasteiger partial charge in [-0.25, -0.2) is 4.79 Å². The van der Waals surface area contributed by atoms with Crippen LogP contribution in [0.5, 0.6) is 5.75 Å². The zero-order chi connectivity index (χ0) is 34.4. The third-order valence-electron chi connectivity index (χ3n) is 10.8. The van der Waals surface area contributed by atoms with Crippen molar-refractivity contribution in [2.24, 2.45) is 11.8 Å². The van der Waals surface area contributed by atoms with Gasteiger partial charge in [0.2, 0.25) is 5.91 Å². The van der Waals surface area contributed by atoms with Gasteiger partial charge >= 0.3 is 5.97 Å². The Labute approximate surface area is 294 Å². The number of carbonyl (C=O) groups is 2. The molecule has 2 aromatic carbocycles. The lowest BCUT2D eigenvalue weighted by molar-refractivity contribution is -0.164. The average Bonchev–Trinajstić information content (AvgIpc) is 3.11. The number of carboxylic acids is 1. The zero-order valence-electron chi connectivity index (χ0n) is 28.5. The molecule has 2 aromatic rings. The molecule has 4 aliphatic rings. The van der Waals surface area contributed by atoms with Crippen LogP contribution in [-0.2, 0) is 37.7 Å². The van der Waals surface area contributed by atoms with E-state index in [2.05, 4.69) is 22.0 Å². The van der Waals surface area contributed by atoms with Gasteiger partial charge in [-0.1, -0.05) is 35.9 Å². The highest BCUT2D eigenvalue weighted by Crippen LogP contribution is 2.43. The summed E-state index contributed by atoms with van der Waals surface area (Å²) in [6.45, 7) is 7.05. The number of carboxylic acid groups (broad SMARTS) is 1. The van der Waals surface area contributed by atoms with Crippen LogP contribution >= 0.6 is 11.6 Å². The van der Waals surface area contributed by atoms with E-state index in [4.69, 9.17) is 25.8 Å². The second-order valence-electron chi connectivity index (χ2n) is 14.0. The number of nitrogens with zero attached hydrogens (tertiary/aromatic N) is 3. The number of amides is 1. The van der Waals surface area contributed by atoms with E-state index in [9.17, 15) is 19.8 Å². The minimum absolute atomic E-state index is 0.0453. The molecule has 1 saturated carbocycles. The number of hydrogen-bond acceptors (Lipinski definition) is 8. The molecule has 6 rings (SSSR count). The third-order valence-corrected chi connectivity index (χ3v) is 11.0. The molecule has 1 unspecified atom stereocenters. The van der Waals surface area contributed by atoms with Gasteiger partial charge in [-0.3, -0.25) is 9.69 Å². The van der Waals surface area contributed by atoms with E-state index in [1.807, 2.05) is 18.2 Å². The maximum Gasteiger partial charge on any atom is 0.340 e. The molecule has 1 saturated heterocycles. The third kappa shape index (κ3) is 8.60. The molecule has 2 fully saturated rings. The fourth-order valence-corrected chi connectivity index (χ4v) is 7.67. The zero-order valence-corrected chi connectivity index (χ0v) is 29.3. The number of carbonyl (C=O) groups excluding carboxylic acids is 1. The van der Waals surface area contributed by atoms with Crippen molar-refractivity contribution in [3.05, 3.63) is 70.3 Å². The molecule has 0 aromatic heterocycles. The molecule has 4 atom stereocenters. The summed E-state index contributed by atoms with van der Waals surface area (Å²) in [6.07, 6.45) is 9.07. The first kappa shape index (κ1) is 35.7. The Hall–Kier alpha value is -3.15. The first-order chi connectivity index (χ1) is 23.7. The number of rotatable bonds is 5. The van der Waals surface area contributed by atoms with Gasteiger partial charge in [0.15, 0.2) is 5.60 Å². The Balaban J connectivity index is 1.33. The fourth-order valence-electron chi connectivity index (χ4n) is 7.48. The van der Waals surface area contributed by atoms with Gasteiger partial charge in [0.1, 0.15) is 12.4 Å². The number of morpholine rings is 1. The number of halogens is 1. The molecule has 2 N–H and O–H groups in total. The van der Waals surface area contributed by atoms with Crippen LogP contribution in [0.4, 0.5) is 5.69 Å². The first-order valence-electron chi connectivity index (χ1n) is 17.8. The molecule has 0 spiro atoms. The number of aliphatic carboxylic acids is 1. The summed E-state index contributed by atoms with van der Waals surface area (Å²) in [5, 5.41) is 22.7. The summed E-state index contributed by atoms with van der Waals surface area (Å²) >= 11 is 6.37. The first-order valence-corrected chi connectivity index (χ1v) is 18.2. The molecular weight excluding hydrogens is 646 g/mol. The Morgan fingerprint density at radius 1 is 1.06 bits per heavy atom. The van der Waals surface area contributed by atoms with Crippen LogP contribution in [0.15, 0.2) is 48.6 Å². The van der Waals surface area contributed by atoms with Crippen LogP contribution in [0.3, 0.4) is 0 Å². The van der Waals surface area contributed by atoms with E-state index in [0.29, 0.717) is 48.8 Å². The average molecular weight is 696 g/mol. The summed E-state index contributed by atoms with van der Waals surface area (Å²) in [4.78, 5) is 32.2. The second kappa shape index (κ2) is 16.2. The lowest BCUT2D eigenvalue weighted by Gasteiger charge is -2.44. The highest BCUT2D eigenvalue weighted by Gasteiger charge is 2.43. The van der Waals surface area contributed by atoms with E-state index < -0.39 is 23.9 Å². The maximum atomic E-state index is 13.3. The summed E-state index contributed by atoms with van der Waals surface area (Å²) < 4.78 is 18.6. The Morgan fingerprint density at radius 2 is 1.90 bits per heavy atom. The van der Waals surface area contributed by atoms with Crippen LogP contribution in [0.25, 0.3) is 0 Å². The molecule has 10 nitrogen and oxygen atoms in total. The van der Waals surface area contributed by atoms with Crippen LogP contribution < -0.4 is 9.64 Å². The summed E-state index contributed by atoms with van der Waals surface area (Å²) in [6, 6.07) is 10.9. The maximum absolute atomic E-state index is 13.3. The summed E-state index contributed by atoms with van der Waals surface area (Å²) in [7, 11) is 1.65. The predicted octanol–water partition coefficient (Wildman–Crippen LogP) is 4.89. The van der Waals surface area contributed by atoms with Crippen molar-refractivity contribution in [2.75, 3.05) is 71.0 Å². The number of hydrogen-bond donors (Lipinski definition) is 2. The van der Waals surface area contributed by atoms with Gasteiger partial charge in [0.05, 0.1) is 38.0 Å². The Bertz CT molecular complexity index is 1500. The molecule has 3 heterocycles. The number of aryl methyl sites for hydroxylation is 1. The van der Waals surface area contributed by atoms with Gasteiger partial charge in [-0.2, -0.15) is 0 Å². The van der Waals surface area contributed by atoms with E-state index in [-0.39, 0.29) is 11.7 Å². The smallest absolute Gasteiger partial charge is 0.340 e. The predicted molar refractivity (Wildman–Crippen MR) is 188 cm³/mol. The number of benzene rings is 2. The molecule has 0 radical (unpaired) electrons. The molecular formula is C38H50ClN3O7. The van der Waals surface area contributed by atoms with Gasteiger partial charge in [0.25, 0.3) is 0 Å². The largest absolute Gasteiger partial charge is 0.487 e.